The number of amides is 1. The molecule has 1 atom stereocenters. The molecule has 3 aromatic rings. The van der Waals surface area contributed by atoms with Gasteiger partial charge in [0, 0.05) is 5.39 Å². The minimum Gasteiger partial charge on any atom is -0.497 e. The number of ether oxygens (including phenoxy) is 1. The number of carbonyl (C=O) groups is 1. The first-order valence-corrected chi connectivity index (χ1v) is 7.97. The van der Waals surface area contributed by atoms with Gasteiger partial charge >= 0.3 is 5.63 Å². The number of rotatable bonds is 4. The van der Waals surface area contributed by atoms with Crippen molar-refractivity contribution in [2.45, 2.75) is 19.9 Å². The molecule has 1 N–H and O–H groups in total. The van der Waals surface area contributed by atoms with E-state index in [-0.39, 0.29) is 11.6 Å². The minimum atomic E-state index is -0.643. The van der Waals surface area contributed by atoms with Gasteiger partial charge in [0.15, 0.2) is 0 Å². The van der Waals surface area contributed by atoms with E-state index in [4.69, 9.17) is 9.15 Å². The van der Waals surface area contributed by atoms with E-state index < -0.39 is 11.5 Å². The lowest BCUT2D eigenvalue weighted by Crippen LogP contribution is -2.30. The molecule has 1 aromatic heterocycles. The molecule has 0 saturated heterocycles. The zero-order chi connectivity index (χ0) is 18.0. The second-order valence-corrected chi connectivity index (χ2v) is 5.96. The van der Waals surface area contributed by atoms with Gasteiger partial charge in [0.25, 0.3) is 5.91 Å². The van der Waals surface area contributed by atoms with Gasteiger partial charge in [-0.3, -0.25) is 4.79 Å². The molecule has 0 aliphatic rings. The normalized spacial score (nSPS) is 12.0. The lowest BCUT2D eigenvalue weighted by atomic mass is 10.1. The Labute approximate surface area is 145 Å². The van der Waals surface area contributed by atoms with Crippen molar-refractivity contribution in [2.24, 2.45) is 0 Å². The van der Waals surface area contributed by atoms with Crippen LogP contribution in [0, 0.1) is 6.92 Å². The third kappa shape index (κ3) is 3.55. The molecule has 0 radical (unpaired) electrons. The zero-order valence-corrected chi connectivity index (χ0v) is 14.3. The predicted octanol–water partition coefficient (Wildman–Crippen LogP) is 3.60. The molecule has 5 nitrogen and oxygen atoms in total. The van der Waals surface area contributed by atoms with Crippen LogP contribution >= 0.6 is 0 Å². The van der Waals surface area contributed by atoms with Crippen molar-refractivity contribution in [3.8, 4) is 5.75 Å². The van der Waals surface area contributed by atoms with Crippen molar-refractivity contribution >= 4 is 16.9 Å². The fourth-order valence-electron chi connectivity index (χ4n) is 2.65. The Bertz CT molecular complexity index is 973. The molecular weight excluding hydrogens is 318 g/mol. The highest BCUT2D eigenvalue weighted by molar-refractivity contribution is 5.96. The van der Waals surface area contributed by atoms with Gasteiger partial charge in [-0.15, -0.1) is 0 Å². The maximum atomic E-state index is 12.5. The Balaban J connectivity index is 1.85. The number of fused-ring (bicyclic) bond motifs is 1. The van der Waals surface area contributed by atoms with Crippen molar-refractivity contribution in [1.29, 1.82) is 0 Å². The van der Waals surface area contributed by atoms with Crippen molar-refractivity contribution in [1.82, 2.24) is 5.32 Å². The van der Waals surface area contributed by atoms with Crippen LogP contribution in [0.25, 0.3) is 11.0 Å². The number of benzene rings is 2. The van der Waals surface area contributed by atoms with Gasteiger partial charge in [-0.25, -0.2) is 4.79 Å². The van der Waals surface area contributed by atoms with Crippen LogP contribution in [-0.2, 0) is 0 Å². The van der Waals surface area contributed by atoms with Crippen LogP contribution in [0.2, 0.25) is 0 Å². The molecule has 2 aromatic carbocycles. The van der Waals surface area contributed by atoms with Crippen LogP contribution < -0.4 is 15.7 Å². The van der Waals surface area contributed by atoms with Gasteiger partial charge in [0.1, 0.15) is 16.9 Å². The minimum absolute atomic E-state index is 0.00142. The van der Waals surface area contributed by atoms with Crippen molar-refractivity contribution in [3.05, 3.63) is 75.6 Å². The second-order valence-electron chi connectivity index (χ2n) is 5.96. The van der Waals surface area contributed by atoms with E-state index in [9.17, 15) is 9.59 Å². The summed E-state index contributed by atoms with van der Waals surface area (Å²) in [5.74, 6) is 0.285. The van der Waals surface area contributed by atoms with Crippen molar-refractivity contribution in [3.63, 3.8) is 0 Å². The van der Waals surface area contributed by atoms with Crippen LogP contribution in [-0.4, -0.2) is 13.0 Å². The Morgan fingerprint density at radius 3 is 2.52 bits per heavy atom. The van der Waals surface area contributed by atoms with Crippen LogP contribution in [0.5, 0.6) is 5.75 Å². The maximum absolute atomic E-state index is 12.5. The molecule has 128 valence electrons. The fraction of sp³-hybridized carbons (Fsp3) is 0.200. The van der Waals surface area contributed by atoms with E-state index in [1.807, 2.05) is 50.2 Å². The smallest absolute Gasteiger partial charge is 0.349 e. The molecular formula is C20H19NO4. The highest BCUT2D eigenvalue weighted by atomic mass is 16.5. The summed E-state index contributed by atoms with van der Waals surface area (Å²) in [7, 11) is 1.60. The number of methoxy groups -OCH3 is 1. The monoisotopic (exact) mass is 337 g/mol. The fourth-order valence-corrected chi connectivity index (χ4v) is 2.65. The van der Waals surface area contributed by atoms with Gasteiger partial charge in [-0.05, 0) is 49.7 Å². The van der Waals surface area contributed by atoms with Gasteiger partial charge in [0.2, 0.25) is 0 Å². The molecule has 3 rings (SSSR count). The average Bonchev–Trinajstić information content (AvgIpc) is 2.61. The van der Waals surface area contributed by atoms with E-state index in [1.54, 1.807) is 19.2 Å². The van der Waals surface area contributed by atoms with Gasteiger partial charge in [-0.1, -0.05) is 23.8 Å². The number of nitrogens with one attached hydrogen (secondary N) is 1. The lowest BCUT2D eigenvalue weighted by Gasteiger charge is -2.14. The van der Waals surface area contributed by atoms with Crippen LogP contribution in [0.3, 0.4) is 0 Å². The average molecular weight is 337 g/mol. The molecule has 0 saturated carbocycles. The molecule has 0 spiro atoms. The van der Waals surface area contributed by atoms with Gasteiger partial charge < -0.3 is 14.5 Å². The number of hydrogen-bond donors (Lipinski definition) is 1. The molecule has 5 heteroatoms. The highest BCUT2D eigenvalue weighted by Crippen LogP contribution is 2.19. The second kappa shape index (κ2) is 6.81. The van der Waals surface area contributed by atoms with Crippen molar-refractivity contribution < 1.29 is 13.9 Å². The Morgan fingerprint density at radius 2 is 1.84 bits per heavy atom. The summed E-state index contributed by atoms with van der Waals surface area (Å²) < 4.78 is 10.4. The van der Waals surface area contributed by atoms with Gasteiger partial charge in [-0.2, -0.15) is 0 Å². The van der Waals surface area contributed by atoms with E-state index in [1.165, 1.54) is 0 Å². The Kier molecular flexibility index (Phi) is 4.57. The van der Waals surface area contributed by atoms with Gasteiger partial charge in [0.05, 0.1) is 13.2 Å². The van der Waals surface area contributed by atoms with Crippen LogP contribution in [0.4, 0.5) is 0 Å². The van der Waals surface area contributed by atoms with E-state index in [0.29, 0.717) is 5.58 Å². The van der Waals surface area contributed by atoms with E-state index >= 15 is 0 Å². The molecule has 0 aliphatic carbocycles. The Morgan fingerprint density at radius 1 is 1.12 bits per heavy atom. The summed E-state index contributed by atoms with van der Waals surface area (Å²) in [5, 5.41) is 3.55. The maximum Gasteiger partial charge on any atom is 0.349 e. The number of aryl methyl sites for hydroxylation is 1. The molecule has 0 bridgehead atoms. The topological polar surface area (TPSA) is 68.5 Å². The highest BCUT2D eigenvalue weighted by Gasteiger charge is 2.17. The van der Waals surface area contributed by atoms with Crippen LogP contribution in [0.15, 0.2) is 57.7 Å². The largest absolute Gasteiger partial charge is 0.497 e. The quantitative estimate of drug-likeness (QED) is 0.739. The Hall–Kier alpha value is -3.08. The molecule has 1 amide bonds. The standard InChI is InChI=1S/C20H19NO4/c1-12-4-9-18-15(10-12)11-17(20(23)25-18)19(22)21-13(2)14-5-7-16(24-3)8-6-14/h4-11,13H,1-3H3,(H,21,22)/t13-/m1/s1. The molecule has 0 aliphatic heterocycles. The van der Waals surface area contributed by atoms with E-state index in [0.717, 1.165) is 22.3 Å². The zero-order valence-electron chi connectivity index (χ0n) is 14.3. The summed E-state index contributed by atoms with van der Waals surface area (Å²) >= 11 is 0. The van der Waals surface area contributed by atoms with E-state index in [2.05, 4.69) is 5.32 Å². The molecule has 25 heavy (non-hydrogen) atoms. The summed E-state index contributed by atoms with van der Waals surface area (Å²) in [4.78, 5) is 24.6. The van der Waals surface area contributed by atoms with Crippen molar-refractivity contribution in [2.75, 3.05) is 7.11 Å². The molecule has 1 heterocycles. The summed E-state index contributed by atoms with van der Waals surface area (Å²) in [5.41, 5.74) is 1.76. The summed E-state index contributed by atoms with van der Waals surface area (Å²) in [6.45, 7) is 3.79. The number of carbonyl (C=O) groups excluding carboxylic acids is 1. The third-order valence-electron chi connectivity index (χ3n) is 4.10. The summed E-state index contributed by atoms with van der Waals surface area (Å²) in [6.07, 6.45) is 0. The summed E-state index contributed by atoms with van der Waals surface area (Å²) in [6, 6.07) is 14.2. The first-order valence-electron chi connectivity index (χ1n) is 7.97. The first-order chi connectivity index (χ1) is 12.0. The first kappa shape index (κ1) is 16.8. The lowest BCUT2D eigenvalue weighted by molar-refractivity contribution is 0.0936. The SMILES string of the molecule is COc1ccc([C@@H](C)NC(=O)c2cc3cc(C)ccc3oc2=O)cc1. The molecule has 0 unspecified atom stereocenters. The third-order valence-corrected chi connectivity index (χ3v) is 4.10. The molecule has 0 fully saturated rings. The van der Waals surface area contributed by atoms with Crippen LogP contribution in [0.1, 0.15) is 34.5 Å². The predicted molar refractivity (Wildman–Crippen MR) is 96.1 cm³/mol. The number of hydrogen-bond acceptors (Lipinski definition) is 4.